The van der Waals surface area contributed by atoms with Gasteiger partial charge in [0.05, 0.1) is 6.61 Å². The van der Waals surface area contributed by atoms with Crippen LogP contribution in [0.25, 0.3) is 0 Å². The summed E-state index contributed by atoms with van der Waals surface area (Å²) in [6.45, 7) is 9.01. The Balaban J connectivity index is 2.36. The lowest BCUT2D eigenvalue weighted by molar-refractivity contribution is 0.110. The summed E-state index contributed by atoms with van der Waals surface area (Å²) in [6.07, 6.45) is 8.71. The average molecular weight is 220 g/mol. The summed E-state index contributed by atoms with van der Waals surface area (Å²) in [5.74, 6) is 1.22. The molecule has 1 unspecified atom stereocenters. The summed E-state index contributed by atoms with van der Waals surface area (Å²) in [5.41, 5.74) is 2.95. The Bertz CT molecular complexity index is 315. The van der Waals surface area contributed by atoms with Crippen LogP contribution < -0.4 is 0 Å². The van der Waals surface area contributed by atoms with Gasteiger partial charge in [0, 0.05) is 0 Å². The predicted octanol–water partition coefficient (Wildman–Crippen LogP) is 3.70. The zero-order valence-electron chi connectivity index (χ0n) is 10.6. The minimum atomic E-state index is 0.153. The molecule has 0 aliphatic heterocycles. The minimum absolute atomic E-state index is 0.153. The highest BCUT2D eigenvalue weighted by Gasteiger charge is 2.45. The van der Waals surface area contributed by atoms with Crippen LogP contribution in [0.3, 0.4) is 0 Å². The molecule has 1 heteroatoms. The number of allylic oxidation sites excluding steroid dienone is 2. The fourth-order valence-corrected chi connectivity index (χ4v) is 3.82. The molecule has 16 heavy (non-hydrogen) atoms. The first-order valence-electron chi connectivity index (χ1n) is 6.58. The number of aliphatic hydroxyl groups is 1. The van der Waals surface area contributed by atoms with Crippen LogP contribution in [0.1, 0.15) is 46.0 Å². The molecule has 1 nitrogen and oxygen atoms in total. The van der Waals surface area contributed by atoms with Gasteiger partial charge in [-0.25, -0.2) is 0 Å². The molecule has 0 aromatic carbocycles. The summed E-state index contributed by atoms with van der Waals surface area (Å²) in [7, 11) is 0. The van der Waals surface area contributed by atoms with Crippen molar-refractivity contribution in [1.82, 2.24) is 0 Å². The largest absolute Gasteiger partial charge is 0.392 e. The first kappa shape index (κ1) is 11.9. The fraction of sp³-hybridized carbons (Fsp3) is 0.733. The molecule has 1 N–H and O–H groups in total. The number of rotatable bonds is 2. The fourth-order valence-electron chi connectivity index (χ4n) is 3.82. The normalized spacial score (nSPS) is 38.8. The molecule has 0 amide bonds. The Labute approximate surface area is 99.3 Å². The van der Waals surface area contributed by atoms with Crippen LogP contribution in [0.5, 0.6) is 0 Å². The van der Waals surface area contributed by atoms with Gasteiger partial charge >= 0.3 is 0 Å². The monoisotopic (exact) mass is 220 g/mol. The zero-order valence-corrected chi connectivity index (χ0v) is 10.6. The third-order valence-electron chi connectivity index (χ3n) is 5.06. The van der Waals surface area contributed by atoms with Gasteiger partial charge < -0.3 is 5.11 Å². The molecule has 0 saturated heterocycles. The molecule has 0 spiro atoms. The summed E-state index contributed by atoms with van der Waals surface area (Å²) in [6, 6.07) is 0. The third-order valence-corrected chi connectivity index (χ3v) is 5.06. The molecule has 1 fully saturated rings. The topological polar surface area (TPSA) is 20.2 Å². The minimum Gasteiger partial charge on any atom is -0.392 e. The van der Waals surface area contributed by atoms with Crippen LogP contribution in [-0.2, 0) is 0 Å². The van der Waals surface area contributed by atoms with Gasteiger partial charge in [-0.05, 0) is 54.9 Å². The van der Waals surface area contributed by atoms with E-state index >= 15 is 0 Å². The lowest BCUT2D eigenvalue weighted by Crippen LogP contribution is -2.41. The van der Waals surface area contributed by atoms with E-state index in [4.69, 9.17) is 0 Å². The molecule has 90 valence electrons. The highest BCUT2D eigenvalue weighted by atomic mass is 16.3. The Morgan fingerprint density at radius 1 is 1.56 bits per heavy atom. The van der Waals surface area contributed by atoms with Gasteiger partial charge in [-0.1, -0.05) is 32.1 Å². The van der Waals surface area contributed by atoms with E-state index in [1.54, 1.807) is 5.57 Å². The van der Waals surface area contributed by atoms with Crippen LogP contribution in [0.15, 0.2) is 23.8 Å². The van der Waals surface area contributed by atoms with E-state index in [0.717, 1.165) is 11.5 Å². The molecule has 0 bridgehead atoms. The molecule has 2 aliphatic rings. The standard InChI is InChI=1S/C15H24O/c1-11(10-16)14-9-5-8-13-7-4-6-12(2)15(13,14)3/h7,12,14,16H,1,4-6,8-10H2,2-3H3/t12-,14?,15+/m0/s1. The number of hydrogen-bond donors (Lipinski definition) is 1. The van der Waals surface area contributed by atoms with E-state index in [0.29, 0.717) is 5.92 Å². The summed E-state index contributed by atoms with van der Waals surface area (Å²) in [4.78, 5) is 0. The van der Waals surface area contributed by atoms with Crippen molar-refractivity contribution in [2.45, 2.75) is 46.0 Å². The van der Waals surface area contributed by atoms with Gasteiger partial charge in [0.1, 0.15) is 0 Å². The van der Waals surface area contributed by atoms with E-state index in [2.05, 4.69) is 26.5 Å². The maximum atomic E-state index is 9.36. The third kappa shape index (κ3) is 1.66. The second-order valence-corrected chi connectivity index (χ2v) is 5.75. The van der Waals surface area contributed by atoms with Gasteiger partial charge in [-0.2, -0.15) is 0 Å². The van der Waals surface area contributed by atoms with Crippen molar-refractivity contribution in [1.29, 1.82) is 0 Å². The highest BCUT2D eigenvalue weighted by molar-refractivity contribution is 5.27. The van der Waals surface area contributed by atoms with Crippen LogP contribution in [-0.4, -0.2) is 11.7 Å². The lowest BCUT2D eigenvalue weighted by atomic mass is 9.54. The van der Waals surface area contributed by atoms with Gasteiger partial charge in [-0.3, -0.25) is 0 Å². The Kier molecular flexibility index (Phi) is 3.25. The van der Waals surface area contributed by atoms with E-state index in [1.165, 1.54) is 32.1 Å². The van der Waals surface area contributed by atoms with Crippen molar-refractivity contribution in [2.75, 3.05) is 6.61 Å². The lowest BCUT2D eigenvalue weighted by Gasteiger charge is -2.50. The molecular weight excluding hydrogens is 196 g/mol. The Morgan fingerprint density at radius 3 is 3.00 bits per heavy atom. The van der Waals surface area contributed by atoms with Crippen molar-refractivity contribution in [3.05, 3.63) is 23.8 Å². The van der Waals surface area contributed by atoms with Crippen molar-refractivity contribution in [3.63, 3.8) is 0 Å². The summed E-state index contributed by atoms with van der Waals surface area (Å²) in [5, 5.41) is 9.36. The molecule has 1 saturated carbocycles. The predicted molar refractivity (Wildman–Crippen MR) is 68.2 cm³/mol. The van der Waals surface area contributed by atoms with Gasteiger partial charge in [0.15, 0.2) is 0 Å². The van der Waals surface area contributed by atoms with Crippen molar-refractivity contribution >= 4 is 0 Å². The summed E-state index contributed by atoms with van der Waals surface area (Å²) >= 11 is 0. The van der Waals surface area contributed by atoms with Gasteiger partial charge in [-0.15, -0.1) is 0 Å². The van der Waals surface area contributed by atoms with E-state index in [9.17, 15) is 5.11 Å². The SMILES string of the molecule is C=C(CO)C1CCCC2=CCC[C@H](C)[C@]21C. The van der Waals surface area contributed by atoms with Crippen molar-refractivity contribution in [2.24, 2.45) is 17.3 Å². The smallest absolute Gasteiger partial charge is 0.0642 e. The maximum Gasteiger partial charge on any atom is 0.0642 e. The molecule has 0 aromatic heterocycles. The second kappa shape index (κ2) is 4.37. The first-order chi connectivity index (χ1) is 7.60. The van der Waals surface area contributed by atoms with Crippen molar-refractivity contribution < 1.29 is 5.11 Å². The Hall–Kier alpha value is -0.560. The Morgan fingerprint density at radius 2 is 2.31 bits per heavy atom. The van der Waals surface area contributed by atoms with E-state index in [1.807, 2.05) is 0 Å². The molecular formula is C15H24O. The molecule has 2 rings (SSSR count). The van der Waals surface area contributed by atoms with Gasteiger partial charge in [0.2, 0.25) is 0 Å². The van der Waals surface area contributed by atoms with Crippen LogP contribution >= 0.6 is 0 Å². The molecule has 0 heterocycles. The van der Waals surface area contributed by atoms with Crippen LogP contribution in [0, 0.1) is 17.3 Å². The molecule has 0 aromatic rings. The average Bonchev–Trinajstić information content (AvgIpc) is 2.29. The second-order valence-electron chi connectivity index (χ2n) is 5.75. The number of aliphatic hydroxyl groups excluding tert-OH is 1. The molecule has 0 radical (unpaired) electrons. The molecule has 3 atom stereocenters. The maximum absolute atomic E-state index is 9.36. The van der Waals surface area contributed by atoms with Crippen LogP contribution in [0.2, 0.25) is 0 Å². The number of fused-ring (bicyclic) bond motifs is 1. The molecule has 2 aliphatic carbocycles. The number of hydrogen-bond acceptors (Lipinski definition) is 1. The summed E-state index contributed by atoms with van der Waals surface area (Å²) < 4.78 is 0. The zero-order chi connectivity index (χ0) is 11.8. The van der Waals surface area contributed by atoms with E-state index < -0.39 is 0 Å². The first-order valence-corrected chi connectivity index (χ1v) is 6.58. The van der Waals surface area contributed by atoms with Gasteiger partial charge in [0.25, 0.3) is 0 Å². The quantitative estimate of drug-likeness (QED) is 0.704. The van der Waals surface area contributed by atoms with Crippen molar-refractivity contribution in [3.8, 4) is 0 Å². The highest BCUT2D eigenvalue weighted by Crippen LogP contribution is 2.55. The van der Waals surface area contributed by atoms with E-state index in [-0.39, 0.29) is 12.0 Å². The van der Waals surface area contributed by atoms with Crippen LogP contribution in [0.4, 0.5) is 0 Å².